The molecule has 0 unspecified atom stereocenters. The van der Waals surface area contributed by atoms with Gasteiger partial charge in [0.05, 0.1) is 0 Å². The Labute approximate surface area is 64.3 Å². The van der Waals surface area contributed by atoms with Gasteiger partial charge in [0.25, 0.3) is 0 Å². The summed E-state index contributed by atoms with van der Waals surface area (Å²) in [6.07, 6.45) is 1.53. The topological polar surface area (TPSA) is 17.1 Å². The highest BCUT2D eigenvalue weighted by atomic mass is 79.9. The normalized spacial score (nSPS) is 12.4. The Morgan fingerprint density at radius 3 is 2.00 bits per heavy atom. The lowest BCUT2D eigenvalue weighted by Crippen LogP contribution is -2.16. The van der Waals surface area contributed by atoms with Crippen LogP contribution in [0.25, 0.3) is 0 Å². The first-order chi connectivity index (χ1) is 3.98. The van der Waals surface area contributed by atoms with Crippen LogP contribution in [-0.2, 0) is 4.79 Å². The number of halogens is 1. The van der Waals surface area contributed by atoms with Gasteiger partial charge >= 0.3 is 0 Å². The third kappa shape index (κ3) is 3.46. The monoisotopic (exact) mass is 190 g/mol. The molecule has 0 atom stereocenters. The molecule has 0 aromatic heterocycles. The van der Waals surface area contributed by atoms with Crippen molar-refractivity contribution in [2.45, 2.75) is 20.8 Å². The molecule has 2 heteroatoms. The molecule has 0 heterocycles. The summed E-state index contributed by atoms with van der Waals surface area (Å²) in [5.74, 6) is 0.138. The van der Waals surface area contributed by atoms with E-state index in [1.807, 2.05) is 20.8 Å². The van der Waals surface area contributed by atoms with Gasteiger partial charge in [-0.3, -0.25) is 4.79 Å². The first-order valence-corrected chi connectivity index (χ1v) is 3.71. The molecule has 52 valence electrons. The second-order valence-corrected chi connectivity index (χ2v) is 3.44. The SMILES string of the molecule is CC(C)(C)C(=O)/C=C\Br. The van der Waals surface area contributed by atoms with E-state index in [0.29, 0.717) is 0 Å². The Morgan fingerprint density at radius 1 is 1.44 bits per heavy atom. The number of hydrogen-bond donors (Lipinski definition) is 0. The van der Waals surface area contributed by atoms with E-state index in [1.54, 1.807) is 4.99 Å². The minimum atomic E-state index is -0.246. The van der Waals surface area contributed by atoms with Crippen molar-refractivity contribution in [3.8, 4) is 0 Å². The summed E-state index contributed by atoms with van der Waals surface area (Å²) < 4.78 is 0. The van der Waals surface area contributed by atoms with Crippen LogP contribution in [-0.4, -0.2) is 5.78 Å². The fourth-order valence-corrected chi connectivity index (χ4v) is 0.547. The second-order valence-electron chi connectivity index (χ2n) is 2.91. The Morgan fingerprint density at radius 2 is 1.89 bits per heavy atom. The minimum Gasteiger partial charge on any atom is -0.294 e. The van der Waals surface area contributed by atoms with Gasteiger partial charge in [-0.05, 0) is 11.1 Å². The molecule has 0 rings (SSSR count). The van der Waals surface area contributed by atoms with E-state index in [4.69, 9.17) is 0 Å². The van der Waals surface area contributed by atoms with Gasteiger partial charge in [0, 0.05) is 5.41 Å². The Hall–Kier alpha value is -0.110. The predicted octanol–water partition coefficient (Wildman–Crippen LogP) is 2.51. The molecule has 0 aromatic carbocycles. The number of carbonyl (C=O) groups excluding carboxylic acids is 1. The van der Waals surface area contributed by atoms with Crippen LogP contribution in [0.5, 0.6) is 0 Å². The molecule has 0 bridgehead atoms. The van der Waals surface area contributed by atoms with E-state index >= 15 is 0 Å². The van der Waals surface area contributed by atoms with E-state index in [1.165, 1.54) is 6.08 Å². The smallest absolute Gasteiger partial charge is 0.161 e. The molecular weight excluding hydrogens is 180 g/mol. The molecule has 1 nitrogen and oxygen atoms in total. The number of rotatable bonds is 1. The Bertz CT molecular complexity index is 130. The molecule has 0 spiro atoms. The van der Waals surface area contributed by atoms with Crippen molar-refractivity contribution in [2.24, 2.45) is 5.41 Å². The predicted molar refractivity (Wildman–Crippen MR) is 42.5 cm³/mol. The van der Waals surface area contributed by atoms with Crippen LogP contribution in [0.2, 0.25) is 0 Å². The maximum absolute atomic E-state index is 10.9. The van der Waals surface area contributed by atoms with E-state index in [2.05, 4.69) is 15.9 Å². The standard InChI is InChI=1S/C7H11BrO/c1-7(2,3)6(9)4-5-8/h4-5H,1-3H3/b5-4-. The highest BCUT2D eigenvalue weighted by Crippen LogP contribution is 2.14. The van der Waals surface area contributed by atoms with Gasteiger partial charge < -0.3 is 0 Å². The fraction of sp³-hybridized carbons (Fsp3) is 0.571. The van der Waals surface area contributed by atoms with Gasteiger partial charge in [-0.2, -0.15) is 0 Å². The van der Waals surface area contributed by atoms with Crippen molar-refractivity contribution in [1.82, 2.24) is 0 Å². The van der Waals surface area contributed by atoms with Crippen molar-refractivity contribution in [1.29, 1.82) is 0 Å². The minimum absolute atomic E-state index is 0.138. The zero-order valence-electron chi connectivity index (χ0n) is 5.94. The van der Waals surface area contributed by atoms with Crippen LogP contribution < -0.4 is 0 Å². The first-order valence-electron chi connectivity index (χ1n) is 2.79. The Kier molecular flexibility index (Phi) is 3.12. The summed E-state index contributed by atoms with van der Waals surface area (Å²) >= 11 is 3.04. The van der Waals surface area contributed by atoms with Crippen LogP contribution in [0, 0.1) is 5.41 Å². The molecule has 9 heavy (non-hydrogen) atoms. The highest BCUT2D eigenvalue weighted by Gasteiger charge is 2.17. The van der Waals surface area contributed by atoms with Crippen molar-refractivity contribution >= 4 is 21.7 Å². The number of carbonyl (C=O) groups is 1. The average Bonchev–Trinajstić information content (AvgIpc) is 1.64. The van der Waals surface area contributed by atoms with Crippen molar-refractivity contribution in [3.05, 3.63) is 11.1 Å². The van der Waals surface area contributed by atoms with Gasteiger partial charge in [-0.25, -0.2) is 0 Å². The maximum atomic E-state index is 10.9. The van der Waals surface area contributed by atoms with Gasteiger partial charge in [0.1, 0.15) is 0 Å². The molecule has 0 radical (unpaired) electrons. The molecule has 0 amide bonds. The average molecular weight is 191 g/mol. The first kappa shape index (κ1) is 8.89. The maximum Gasteiger partial charge on any atom is 0.161 e. The third-order valence-electron chi connectivity index (χ3n) is 0.954. The second kappa shape index (κ2) is 3.16. The lowest BCUT2D eigenvalue weighted by Gasteiger charge is -2.12. The van der Waals surface area contributed by atoms with Crippen LogP contribution in [0.1, 0.15) is 20.8 Å². The third-order valence-corrected chi connectivity index (χ3v) is 1.22. The van der Waals surface area contributed by atoms with Crippen LogP contribution >= 0.6 is 15.9 Å². The highest BCUT2D eigenvalue weighted by molar-refractivity contribution is 9.11. The molecule has 0 aliphatic heterocycles. The van der Waals surface area contributed by atoms with E-state index in [9.17, 15) is 4.79 Å². The zero-order chi connectivity index (χ0) is 7.49. The lowest BCUT2D eigenvalue weighted by molar-refractivity contribution is -0.121. The summed E-state index contributed by atoms with van der Waals surface area (Å²) in [5.41, 5.74) is -0.246. The van der Waals surface area contributed by atoms with E-state index in [0.717, 1.165) is 0 Å². The summed E-state index contributed by atoms with van der Waals surface area (Å²) in [4.78, 5) is 12.5. The van der Waals surface area contributed by atoms with Crippen LogP contribution in [0.3, 0.4) is 0 Å². The molecule has 0 aliphatic rings. The summed E-state index contributed by atoms with van der Waals surface area (Å²) in [6, 6.07) is 0. The van der Waals surface area contributed by atoms with Crippen LogP contribution in [0.15, 0.2) is 11.1 Å². The molecule has 0 aliphatic carbocycles. The summed E-state index contributed by atoms with van der Waals surface area (Å²) in [5, 5.41) is 0. The number of hydrogen-bond acceptors (Lipinski definition) is 1. The lowest BCUT2D eigenvalue weighted by atomic mass is 9.91. The zero-order valence-corrected chi connectivity index (χ0v) is 7.53. The van der Waals surface area contributed by atoms with Gasteiger partial charge in [-0.1, -0.05) is 36.7 Å². The molecule has 0 saturated heterocycles. The fourth-order valence-electron chi connectivity index (χ4n) is 0.307. The molecular formula is C7H11BrO. The number of allylic oxidation sites excluding steroid dienone is 1. The Balaban J connectivity index is 4.06. The van der Waals surface area contributed by atoms with E-state index < -0.39 is 0 Å². The quantitative estimate of drug-likeness (QED) is 0.582. The van der Waals surface area contributed by atoms with Gasteiger partial charge in [0.15, 0.2) is 5.78 Å². The largest absolute Gasteiger partial charge is 0.294 e. The van der Waals surface area contributed by atoms with E-state index in [-0.39, 0.29) is 11.2 Å². The van der Waals surface area contributed by atoms with Crippen molar-refractivity contribution in [2.75, 3.05) is 0 Å². The molecule has 0 saturated carbocycles. The van der Waals surface area contributed by atoms with Gasteiger partial charge in [-0.15, -0.1) is 0 Å². The summed E-state index contributed by atoms with van der Waals surface area (Å²) in [6.45, 7) is 5.67. The van der Waals surface area contributed by atoms with Crippen LogP contribution in [0.4, 0.5) is 0 Å². The van der Waals surface area contributed by atoms with Crippen molar-refractivity contribution < 1.29 is 4.79 Å². The molecule has 0 aromatic rings. The van der Waals surface area contributed by atoms with Gasteiger partial charge in [0.2, 0.25) is 0 Å². The van der Waals surface area contributed by atoms with Crippen molar-refractivity contribution in [3.63, 3.8) is 0 Å². The molecule has 0 fully saturated rings. The summed E-state index contributed by atoms with van der Waals surface area (Å²) in [7, 11) is 0. The molecule has 0 N–H and O–H groups in total. The number of ketones is 1.